The van der Waals surface area contributed by atoms with Crippen molar-refractivity contribution >= 4 is 21.8 Å². The number of amides is 2. The third-order valence-electron chi connectivity index (χ3n) is 4.16. The van der Waals surface area contributed by atoms with Crippen LogP contribution in [0.4, 0.5) is 0 Å². The predicted octanol–water partition coefficient (Wildman–Crippen LogP) is -0.0511. The topological polar surface area (TPSA) is 137 Å². The van der Waals surface area contributed by atoms with Crippen LogP contribution in [0.3, 0.4) is 0 Å². The molecule has 0 unspecified atom stereocenters. The minimum Gasteiger partial charge on any atom is -0.486 e. The molecule has 2 amide bonds. The maximum absolute atomic E-state index is 12.9. The first-order chi connectivity index (χ1) is 13.8. The van der Waals surface area contributed by atoms with E-state index in [0.717, 1.165) is 5.56 Å². The molecule has 4 N–H and O–H groups in total. The number of nitrogens with one attached hydrogen (secondary N) is 2. The van der Waals surface area contributed by atoms with Crippen LogP contribution in [0.1, 0.15) is 5.56 Å². The second-order valence-electron chi connectivity index (χ2n) is 6.35. The minimum atomic E-state index is -4.06. The van der Waals surface area contributed by atoms with E-state index in [1.165, 1.54) is 18.2 Å². The third-order valence-corrected chi connectivity index (χ3v) is 5.63. The molecule has 3 rings (SSSR count). The fourth-order valence-electron chi connectivity index (χ4n) is 2.78. The number of primary amides is 1. The normalized spacial score (nSPS) is 14.1. The van der Waals surface area contributed by atoms with E-state index in [9.17, 15) is 18.0 Å². The summed E-state index contributed by atoms with van der Waals surface area (Å²) >= 11 is 0. The van der Waals surface area contributed by atoms with Gasteiger partial charge < -0.3 is 20.5 Å². The van der Waals surface area contributed by atoms with E-state index < -0.39 is 34.4 Å². The predicted molar refractivity (Wildman–Crippen MR) is 104 cm³/mol. The summed E-state index contributed by atoms with van der Waals surface area (Å²) in [6, 6.07) is 12.0. The van der Waals surface area contributed by atoms with Crippen LogP contribution >= 0.6 is 0 Å². The molecular weight excluding hydrogens is 398 g/mol. The lowest BCUT2D eigenvalue weighted by Gasteiger charge is -2.21. The number of benzene rings is 2. The minimum absolute atomic E-state index is 0.0671. The Labute approximate surface area is 168 Å². The number of ether oxygens (including phenoxy) is 2. The van der Waals surface area contributed by atoms with Gasteiger partial charge >= 0.3 is 0 Å². The van der Waals surface area contributed by atoms with Gasteiger partial charge in [-0.15, -0.1) is 0 Å². The highest BCUT2D eigenvalue weighted by Crippen LogP contribution is 2.32. The first kappa shape index (κ1) is 20.6. The molecule has 1 atom stereocenters. The monoisotopic (exact) mass is 419 g/mol. The number of carbonyl (C=O) groups excluding carboxylic acids is 2. The fraction of sp³-hybridized carbons (Fsp3) is 0.263. The van der Waals surface area contributed by atoms with E-state index in [1.54, 1.807) is 24.3 Å². The van der Waals surface area contributed by atoms with E-state index in [2.05, 4.69) is 10.0 Å². The number of hydrogen-bond donors (Lipinski definition) is 3. The largest absolute Gasteiger partial charge is 0.486 e. The van der Waals surface area contributed by atoms with Crippen molar-refractivity contribution in [3.05, 3.63) is 54.1 Å². The molecule has 0 fully saturated rings. The lowest BCUT2D eigenvalue weighted by atomic mass is 10.1. The van der Waals surface area contributed by atoms with Crippen molar-refractivity contribution in [1.29, 1.82) is 0 Å². The molecule has 9 nitrogen and oxygen atoms in total. The highest BCUT2D eigenvalue weighted by Gasteiger charge is 2.27. The number of hydrogen-bond acceptors (Lipinski definition) is 6. The lowest BCUT2D eigenvalue weighted by molar-refractivity contribution is -0.125. The Morgan fingerprint density at radius 1 is 1.03 bits per heavy atom. The standard InChI is InChI=1S/C19H21N3O6S/c20-18(23)12-21-19(24)15(10-13-4-2-1-3-5-13)22-29(25,26)14-6-7-16-17(11-14)28-9-8-27-16/h1-7,11,15,22H,8-10,12H2,(H2,20,23)(H,21,24)/t15-/m0/s1. The fourth-order valence-corrected chi connectivity index (χ4v) is 3.99. The summed E-state index contributed by atoms with van der Waals surface area (Å²) in [6.45, 7) is 0.308. The van der Waals surface area contributed by atoms with Gasteiger partial charge in [-0.3, -0.25) is 9.59 Å². The Balaban J connectivity index is 1.83. The van der Waals surface area contributed by atoms with Crippen LogP contribution in [-0.2, 0) is 26.0 Å². The van der Waals surface area contributed by atoms with Crippen LogP contribution in [0.5, 0.6) is 11.5 Å². The molecular formula is C19H21N3O6S. The number of fused-ring (bicyclic) bond motifs is 1. The summed E-state index contributed by atoms with van der Waals surface area (Å²) in [7, 11) is -4.06. The average Bonchev–Trinajstić information content (AvgIpc) is 2.71. The SMILES string of the molecule is NC(=O)CNC(=O)[C@H](Cc1ccccc1)NS(=O)(=O)c1ccc2c(c1)OCCO2. The molecule has 2 aromatic carbocycles. The summed E-state index contributed by atoms with van der Waals surface area (Å²) in [5.74, 6) is -0.618. The van der Waals surface area contributed by atoms with Gasteiger partial charge in [-0.1, -0.05) is 30.3 Å². The van der Waals surface area contributed by atoms with Crippen molar-refractivity contribution in [1.82, 2.24) is 10.0 Å². The average molecular weight is 419 g/mol. The van der Waals surface area contributed by atoms with E-state index in [0.29, 0.717) is 24.7 Å². The third kappa shape index (κ3) is 5.46. The Hall–Kier alpha value is -3.11. The number of carbonyl (C=O) groups is 2. The maximum atomic E-state index is 12.9. The molecule has 0 radical (unpaired) electrons. The van der Waals surface area contributed by atoms with Crippen molar-refractivity contribution < 1.29 is 27.5 Å². The van der Waals surface area contributed by atoms with Gasteiger partial charge in [0.1, 0.15) is 19.3 Å². The van der Waals surface area contributed by atoms with Gasteiger partial charge in [0.05, 0.1) is 11.4 Å². The summed E-state index contributed by atoms with van der Waals surface area (Å²) in [5.41, 5.74) is 5.81. The molecule has 0 aromatic heterocycles. The van der Waals surface area contributed by atoms with Crippen LogP contribution in [0, 0.1) is 0 Å². The Bertz CT molecular complexity index is 994. The second-order valence-corrected chi connectivity index (χ2v) is 8.07. The Morgan fingerprint density at radius 2 is 1.72 bits per heavy atom. The van der Waals surface area contributed by atoms with Gasteiger partial charge in [0, 0.05) is 6.07 Å². The van der Waals surface area contributed by atoms with Gasteiger partial charge in [0.25, 0.3) is 0 Å². The molecule has 1 aliphatic rings. The van der Waals surface area contributed by atoms with Crippen molar-refractivity contribution in [2.45, 2.75) is 17.4 Å². The molecule has 10 heteroatoms. The summed E-state index contributed by atoms with van der Waals surface area (Å²) < 4.78 is 39.0. The van der Waals surface area contributed by atoms with Crippen LogP contribution in [0.25, 0.3) is 0 Å². The summed E-state index contributed by atoms with van der Waals surface area (Å²) in [4.78, 5) is 23.4. The lowest BCUT2D eigenvalue weighted by Crippen LogP contribution is -2.49. The Kier molecular flexibility index (Phi) is 6.35. The zero-order valence-corrected chi connectivity index (χ0v) is 16.3. The second kappa shape index (κ2) is 8.93. The molecule has 29 heavy (non-hydrogen) atoms. The molecule has 0 bridgehead atoms. The molecule has 0 saturated carbocycles. The molecule has 1 heterocycles. The van der Waals surface area contributed by atoms with Crippen LogP contribution in [-0.4, -0.2) is 46.0 Å². The van der Waals surface area contributed by atoms with Crippen molar-refractivity contribution in [2.24, 2.45) is 5.73 Å². The molecule has 0 aliphatic carbocycles. The molecule has 154 valence electrons. The van der Waals surface area contributed by atoms with Crippen LogP contribution < -0.4 is 25.2 Å². The van der Waals surface area contributed by atoms with Crippen molar-refractivity contribution in [2.75, 3.05) is 19.8 Å². The van der Waals surface area contributed by atoms with Crippen molar-refractivity contribution in [3.8, 4) is 11.5 Å². The number of nitrogens with two attached hydrogens (primary N) is 1. The van der Waals surface area contributed by atoms with Gasteiger partial charge in [0.15, 0.2) is 11.5 Å². The summed E-state index contributed by atoms with van der Waals surface area (Å²) in [6.07, 6.45) is 0.0925. The van der Waals surface area contributed by atoms with E-state index in [1.807, 2.05) is 6.07 Å². The quantitative estimate of drug-likeness (QED) is 0.549. The van der Waals surface area contributed by atoms with Crippen LogP contribution in [0.2, 0.25) is 0 Å². The highest BCUT2D eigenvalue weighted by atomic mass is 32.2. The highest BCUT2D eigenvalue weighted by molar-refractivity contribution is 7.89. The maximum Gasteiger partial charge on any atom is 0.241 e. The van der Waals surface area contributed by atoms with E-state index in [-0.39, 0.29) is 11.3 Å². The molecule has 1 aliphatic heterocycles. The number of rotatable bonds is 8. The van der Waals surface area contributed by atoms with E-state index >= 15 is 0 Å². The first-order valence-electron chi connectivity index (χ1n) is 8.87. The summed E-state index contributed by atoms with van der Waals surface area (Å²) in [5, 5.41) is 2.34. The molecule has 0 spiro atoms. The van der Waals surface area contributed by atoms with Crippen molar-refractivity contribution in [3.63, 3.8) is 0 Å². The van der Waals surface area contributed by atoms with Gasteiger partial charge in [-0.05, 0) is 24.1 Å². The van der Waals surface area contributed by atoms with Gasteiger partial charge in [-0.2, -0.15) is 4.72 Å². The van der Waals surface area contributed by atoms with Gasteiger partial charge in [0.2, 0.25) is 21.8 Å². The first-order valence-corrected chi connectivity index (χ1v) is 10.4. The molecule has 0 saturated heterocycles. The zero-order chi connectivity index (χ0) is 20.9. The zero-order valence-electron chi connectivity index (χ0n) is 15.5. The van der Waals surface area contributed by atoms with Gasteiger partial charge in [-0.25, -0.2) is 8.42 Å². The number of sulfonamides is 1. The van der Waals surface area contributed by atoms with E-state index in [4.69, 9.17) is 15.2 Å². The Morgan fingerprint density at radius 3 is 2.41 bits per heavy atom. The smallest absolute Gasteiger partial charge is 0.241 e. The molecule has 2 aromatic rings. The van der Waals surface area contributed by atoms with Crippen LogP contribution in [0.15, 0.2) is 53.4 Å².